The molecule has 0 unspecified atom stereocenters. The number of hydroxylamine groups is 2. The molecule has 28 heavy (non-hydrogen) atoms. The Balaban J connectivity index is 1.52. The van der Waals surface area contributed by atoms with Crippen LogP contribution in [0.2, 0.25) is 0 Å². The van der Waals surface area contributed by atoms with E-state index in [2.05, 4.69) is 12.1 Å². The van der Waals surface area contributed by atoms with Crippen molar-refractivity contribution in [2.75, 3.05) is 26.2 Å². The van der Waals surface area contributed by atoms with Gasteiger partial charge in [0.1, 0.15) is 12.4 Å². The van der Waals surface area contributed by atoms with Crippen LogP contribution in [0.3, 0.4) is 0 Å². The first kappa shape index (κ1) is 19.7. The van der Waals surface area contributed by atoms with E-state index in [9.17, 15) is 14.8 Å². The van der Waals surface area contributed by atoms with Crippen molar-refractivity contribution in [1.29, 1.82) is 0 Å². The topological polar surface area (TPSA) is 96.1 Å². The molecule has 2 aromatic rings. The predicted octanol–water partition coefficient (Wildman–Crippen LogP) is 2.47. The lowest BCUT2D eigenvalue weighted by Gasteiger charge is -2.29. The summed E-state index contributed by atoms with van der Waals surface area (Å²) < 4.78 is 5.53. The Morgan fingerprint density at radius 1 is 1.21 bits per heavy atom. The zero-order chi connectivity index (χ0) is 19.9. The van der Waals surface area contributed by atoms with Crippen LogP contribution >= 0.6 is 0 Å². The monoisotopic (exact) mass is 383 g/mol. The fraction of sp³-hybridized carbons (Fsp3) is 0.333. The predicted molar refractivity (Wildman–Crippen MR) is 104 cm³/mol. The van der Waals surface area contributed by atoms with Crippen LogP contribution < -0.4 is 10.5 Å². The number of amides is 3. The fourth-order valence-corrected chi connectivity index (χ4v) is 3.29. The molecule has 2 aromatic carbocycles. The number of fused-ring (bicyclic) bond motifs is 1. The minimum Gasteiger partial charge on any atom is -0.492 e. The Bertz CT molecular complexity index is 826. The molecule has 0 bridgehead atoms. The second-order valence-electron chi connectivity index (χ2n) is 6.76. The number of hydrogen-bond acceptors (Lipinski definition) is 4. The summed E-state index contributed by atoms with van der Waals surface area (Å²) in [4.78, 5) is 25.4. The number of urea groups is 1. The summed E-state index contributed by atoms with van der Waals surface area (Å²) in [5.41, 5.74) is 7.89. The molecule has 7 heteroatoms. The molecule has 3 rings (SSSR count). The van der Waals surface area contributed by atoms with E-state index in [1.165, 1.54) is 5.56 Å². The molecule has 1 aliphatic rings. The van der Waals surface area contributed by atoms with E-state index < -0.39 is 6.03 Å². The van der Waals surface area contributed by atoms with Gasteiger partial charge in [-0.25, -0.2) is 9.86 Å². The summed E-state index contributed by atoms with van der Waals surface area (Å²) in [6.07, 6.45) is 2.66. The van der Waals surface area contributed by atoms with Gasteiger partial charge in [-0.2, -0.15) is 0 Å². The minimum atomic E-state index is -0.924. The Hall–Kier alpha value is -3.06. The standard InChI is InChI=1S/C21H25N3O4/c22-21(26)24(27)13-14-28-18-8-9-19-17(15-18)10-12-23(20(19)25)11-4-7-16-5-2-1-3-6-16/h1-3,5-6,8-9,15,27H,4,7,10-14H2,(H2,22,26). The van der Waals surface area contributed by atoms with Crippen LogP contribution in [-0.4, -0.2) is 53.3 Å². The van der Waals surface area contributed by atoms with Crippen LogP contribution in [-0.2, 0) is 12.8 Å². The van der Waals surface area contributed by atoms with Crippen LogP contribution in [0, 0.1) is 0 Å². The van der Waals surface area contributed by atoms with Gasteiger partial charge in [0.05, 0.1) is 6.54 Å². The summed E-state index contributed by atoms with van der Waals surface area (Å²) in [7, 11) is 0. The maximum atomic E-state index is 12.7. The molecule has 148 valence electrons. The SMILES string of the molecule is NC(=O)N(O)CCOc1ccc2c(c1)CCN(CCCc1ccccc1)C2=O. The fourth-order valence-electron chi connectivity index (χ4n) is 3.29. The van der Waals surface area contributed by atoms with E-state index in [4.69, 9.17) is 10.5 Å². The van der Waals surface area contributed by atoms with Gasteiger partial charge < -0.3 is 15.4 Å². The van der Waals surface area contributed by atoms with Crippen LogP contribution in [0.25, 0.3) is 0 Å². The number of rotatable bonds is 8. The zero-order valence-corrected chi connectivity index (χ0v) is 15.7. The number of primary amides is 1. The third-order valence-electron chi connectivity index (χ3n) is 4.81. The van der Waals surface area contributed by atoms with Gasteiger partial charge in [0.2, 0.25) is 0 Å². The number of carbonyl (C=O) groups excluding carboxylic acids is 2. The van der Waals surface area contributed by atoms with Crippen molar-refractivity contribution in [2.24, 2.45) is 5.73 Å². The molecule has 0 saturated heterocycles. The highest BCUT2D eigenvalue weighted by atomic mass is 16.5. The Labute approximate surface area is 164 Å². The van der Waals surface area contributed by atoms with Crippen molar-refractivity contribution in [3.8, 4) is 5.75 Å². The molecule has 3 amide bonds. The molecule has 0 aliphatic carbocycles. The third-order valence-corrected chi connectivity index (χ3v) is 4.81. The Morgan fingerprint density at radius 3 is 2.75 bits per heavy atom. The molecule has 0 saturated carbocycles. The number of ether oxygens (including phenoxy) is 1. The Morgan fingerprint density at radius 2 is 2.00 bits per heavy atom. The molecule has 1 aliphatic heterocycles. The molecule has 0 fully saturated rings. The number of aryl methyl sites for hydroxylation is 1. The first-order valence-corrected chi connectivity index (χ1v) is 9.39. The van der Waals surface area contributed by atoms with Crippen LogP contribution in [0.5, 0.6) is 5.75 Å². The van der Waals surface area contributed by atoms with Gasteiger partial charge in [0.25, 0.3) is 5.91 Å². The van der Waals surface area contributed by atoms with Crippen molar-refractivity contribution >= 4 is 11.9 Å². The lowest BCUT2D eigenvalue weighted by Crippen LogP contribution is -2.38. The van der Waals surface area contributed by atoms with Crippen molar-refractivity contribution in [3.63, 3.8) is 0 Å². The third kappa shape index (κ3) is 5.01. The van der Waals surface area contributed by atoms with Crippen LogP contribution in [0.1, 0.15) is 27.9 Å². The zero-order valence-electron chi connectivity index (χ0n) is 15.7. The van der Waals surface area contributed by atoms with Gasteiger partial charge in [-0.3, -0.25) is 10.0 Å². The Kier molecular flexibility index (Phi) is 6.49. The van der Waals surface area contributed by atoms with Crippen LogP contribution in [0.4, 0.5) is 4.79 Å². The summed E-state index contributed by atoms with van der Waals surface area (Å²) >= 11 is 0. The van der Waals surface area contributed by atoms with Gasteiger partial charge in [-0.05, 0) is 48.6 Å². The average molecular weight is 383 g/mol. The summed E-state index contributed by atoms with van der Waals surface area (Å²) in [6.45, 7) is 1.51. The van der Waals surface area contributed by atoms with Crippen molar-refractivity contribution in [2.45, 2.75) is 19.3 Å². The summed E-state index contributed by atoms with van der Waals surface area (Å²) in [5, 5.41) is 9.63. The van der Waals surface area contributed by atoms with Gasteiger partial charge in [0.15, 0.2) is 0 Å². The molecule has 7 nitrogen and oxygen atoms in total. The summed E-state index contributed by atoms with van der Waals surface area (Å²) in [6, 6.07) is 14.7. The van der Waals surface area contributed by atoms with Crippen molar-refractivity contribution < 1.29 is 19.5 Å². The highest BCUT2D eigenvalue weighted by Crippen LogP contribution is 2.24. The number of nitrogens with two attached hydrogens (primary N) is 1. The van der Waals surface area contributed by atoms with E-state index in [0.717, 1.165) is 31.4 Å². The highest BCUT2D eigenvalue weighted by molar-refractivity contribution is 5.96. The number of nitrogens with zero attached hydrogens (tertiary/aromatic N) is 2. The quantitative estimate of drug-likeness (QED) is 0.541. The second kappa shape index (κ2) is 9.23. The molecule has 0 aromatic heterocycles. The highest BCUT2D eigenvalue weighted by Gasteiger charge is 2.24. The average Bonchev–Trinajstić information content (AvgIpc) is 2.70. The maximum Gasteiger partial charge on any atom is 0.338 e. The van der Waals surface area contributed by atoms with Gasteiger partial charge in [-0.15, -0.1) is 0 Å². The first-order chi connectivity index (χ1) is 13.5. The van der Waals surface area contributed by atoms with E-state index in [1.807, 2.05) is 29.2 Å². The summed E-state index contributed by atoms with van der Waals surface area (Å²) in [5.74, 6) is 0.651. The number of hydrogen-bond donors (Lipinski definition) is 2. The first-order valence-electron chi connectivity index (χ1n) is 9.39. The molecular weight excluding hydrogens is 358 g/mol. The largest absolute Gasteiger partial charge is 0.492 e. The normalized spacial score (nSPS) is 13.2. The molecule has 1 heterocycles. The van der Waals surface area contributed by atoms with Crippen molar-refractivity contribution in [1.82, 2.24) is 9.96 Å². The maximum absolute atomic E-state index is 12.7. The smallest absolute Gasteiger partial charge is 0.338 e. The lowest BCUT2D eigenvalue weighted by atomic mass is 9.98. The van der Waals surface area contributed by atoms with Gasteiger partial charge in [0, 0.05) is 18.7 Å². The van der Waals surface area contributed by atoms with E-state index >= 15 is 0 Å². The van der Waals surface area contributed by atoms with E-state index in [1.54, 1.807) is 12.1 Å². The van der Waals surface area contributed by atoms with Gasteiger partial charge >= 0.3 is 6.03 Å². The molecule has 0 radical (unpaired) electrons. The van der Waals surface area contributed by atoms with E-state index in [-0.39, 0.29) is 19.1 Å². The molecular formula is C21H25N3O4. The minimum absolute atomic E-state index is 0.0272. The molecule has 3 N–H and O–H groups in total. The van der Waals surface area contributed by atoms with Crippen LogP contribution in [0.15, 0.2) is 48.5 Å². The number of benzene rings is 2. The van der Waals surface area contributed by atoms with Gasteiger partial charge in [-0.1, -0.05) is 30.3 Å². The lowest BCUT2D eigenvalue weighted by molar-refractivity contribution is -0.0464. The second-order valence-corrected chi connectivity index (χ2v) is 6.76. The number of carbonyl (C=O) groups is 2. The van der Waals surface area contributed by atoms with E-state index in [0.29, 0.717) is 22.9 Å². The molecule has 0 spiro atoms. The molecule has 0 atom stereocenters. The van der Waals surface area contributed by atoms with Crippen molar-refractivity contribution in [3.05, 3.63) is 65.2 Å².